The summed E-state index contributed by atoms with van der Waals surface area (Å²) in [5.74, 6) is -2.88. The molecule has 0 spiro atoms. The molecule has 0 unspecified atom stereocenters. The number of rotatable bonds is 18. The van der Waals surface area contributed by atoms with Gasteiger partial charge in [-0.1, -0.05) is 0 Å². The number of ether oxygens (including phenoxy) is 5. The van der Waals surface area contributed by atoms with E-state index in [1.54, 1.807) is 0 Å². The third-order valence-corrected chi connectivity index (χ3v) is 2.83. The average Bonchev–Trinajstić information content (AvgIpc) is 2.58. The molecular formula is C16H28O9. The molecule has 9 nitrogen and oxygen atoms in total. The highest BCUT2D eigenvalue weighted by atomic mass is 16.6. The van der Waals surface area contributed by atoms with Crippen molar-refractivity contribution >= 4 is 17.7 Å². The van der Waals surface area contributed by atoms with Crippen molar-refractivity contribution in [3.63, 3.8) is 0 Å². The van der Waals surface area contributed by atoms with E-state index in [4.69, 9.17) is 28.8 Å². The standard InChI is InChI=1S/C16H28O9/c1-2-21-6-7-22-8-9-23-10-11-24-12-13-25-15(18)5-3-4-14(17)16(19)20/h2-13H2,1H3,(H,19,20). The van der Waals surface area contributed by atoms with Gasteiger partial charge in [-0.3, -0.25) is 9.59 Å². The van der Waals surface area contributed by atoms with Gasteiger partial charge in [0.1, 0.15) is 6.61 Å². The molecule has 0 aliphatic carbocycles. The molecule has 0 aliphatic heterocycles. The van der Waals surface area contributed by atoms with Crippen molar-refractivity contribution in [1.82, 2.24) is 0 Å². The predicted octanol–water partition coefficient (Wildman–Crippen LogP) is 0.440. The largest absolute Gasteiger partial charge is 0.476 e. The van der Waals surface area contributed by atoms with Gasteiger partial charge < -0.3 is 28.8 Å². The number of carboxylic acid groups (broad SMARTS) is 1. The Morgan fingerprint density at radius 2 is 1.20 bits per heavy atom. The summed E-state index contributed by atoms with van der Waals surface area (Å²) in [6, 6.07) is 0. The number of hydrogen-bond acceptors (Lipinski definition) is 8. The SMILES string of the molecule is CCOCCOCCOCCOCCOC(=O)CCCC(=O)C(=O)O. The molecule has 1 N–H and O–H groups in total. The van der Waals surface area contributed by atoms with Gasteiger partial charge in [-0.05, 0) is 13.3 Å². The number of hydrogen-bond donors (Lipinski definition) is 1. The van der Waals surface area contributed by atoms with Crippen LogP contribution in [0, 0.1) is 0 Å². The number of esters is 1. The molecule has 0 atom stereocenters. The fourth-order valence-corrected chi connectivity index (χ4v) is 1.59. The van der Waals surface area contributed by atoms with Crippen molar-refractivity contribution in [3.05, 3.63) is 0 Å². The maximum Gasteiger partial charge on any atom is 0.372 e. The molecule has 0 amide bonds. The molecular weight excluding hydrogens is 336 g/mol. The monoisotopic (exact) mass is 364 g/mol. The van der Waals surface area contributed by atoms with Crippen molar-refractivity contribution in [2.75, 3.05) is 59.5 Å². The van der Waals surface area contributed by atoms with Crippen molar-refractivity contribution in [2.45, 2.75) is 26.2 Å². The van der Waals surface area contributed by atoms with Gasteiger partial charge in [0.05, 0.1) is 46.2 Å². The lowest BCUT2D eigenvalue weighted by Gasteiger charge is -2.07. The minimum atomic E-state index is -1.49. The summed E-state index contributed by atoms with van der Waals surface area (Å²) in [6.45, 7) is 5.84. The van der Waals surface area contributed by atoms with E-state index in [0.29, 0.717) is 46.2 Å². The fraction of sp³-hybridized carbons (Fsp3) is 0.812. The van der Waals surface area contributed by atoms with Crippen LogP contribution in [0.4, 0.5) is 0 Å². The van der Waals surface area contributed by atoms with E-state index in [2.05, 4.69) is 0 Å². The van der Waals surface area contributed by atoms with Gasteiger partial charge in [0.15, 0.2) is 0 Å². The minimum absolute atomic E-state index is 0.00538. The first-order valence-electron chi connectivity index (χ1n) is 8.30. The van der Waals surface area contributed by atoms with Gasteiger partial charge in [0.25, 0.3) is 0 Å². The topological polar surface area (TPSA) is 118 Å². The molecule has 0 saturated heterocycles. The van der Waals surface area contributed by atoms with E-state index in [-0.39, 0.29) is 32.5 Å². The molecule has 9 heteroatoms. The van der Waals surface area contributed by atoms with Crippen LogP contribution in [-0.4, -0.2) is 82.3 Å². The van der Waals surface area contributed by atoms with Gasteiger partial charge in [-0.15, -0.1) is 0 Å². The van der Waals surface area contributed by atoms with Gasteiger partial charge in [0.2, 0.25) is 5.78 Å². The lowest BCUT2D eigenvalue weighted by molar-refractivity contribution is -0.150. The molecule has 0 aliphatic rings. The van der Waals surface area contributed by atoms with Crippen LogP contribution in [0.3, 0.4) is 0 Å². The second-order valence-electron chi connectivity index (χ2n) is 4.84. The Labute approximate surface area is 147 Å². The average molecular weight is 364 g/mol. The van der Waals surface area contributed by atoms with Crippen molar-refractivity contribution < 1.29 is 43.2 Å². The number of carbonyl (C=O) groups excluding carboxylic acids is 2. The van der Waals surface area contributed by atoms with Crippen LogP contribution in [0.5, 0.6) is 0 Å². The van der Waals surface area contributed by atoms with Crippen LogP contribution >= 0.6 is 0 Å². The number of Topliss-reactive ketones (excluding diaryl/α,β-unsaturated/α-hetero) is 1. The molecule has 0 fully saturated rings. The third kappa shape index (κ3) is 17.1. The molecule has 0 saturated carbocycles. The minimum Gasteiger partial charge on any atom is -0.476 e. The third-order valence-electron chi connectivity index (χ3n) is 2.83. The first-order valence-corrected chi connectivity index (χ1v) is 8.30. The van der Waals surface area contributed by atoms with E-state index >= 15 is 0 Å². The lowest BCUT2D eigenvalue weighted by Crippen LogP contribution is -2.15. The summed E-state index contributed by atoms with van der Waals surface area (Å²) in [5.41, 5.74) is 0. The molecule has 0 heterocycles. The summed E-state index contributed by atoms with van der Waals surface area (Å²) in [7, 11) is 0. The normalized spacial score (nSPS) is 10.6. The Balaban J connectivity index is 3.23. The molecule has 0 aromatic rings. The maximum atomic E-state index is 11.3. The van der Waals surface area contributed by atoms with Gasteiger partial charge in [-0.2, -0.15) is 0 Å². The first kappa shape index (κ1) is 23.4. The van der Waals surface area contributed by atoms with E-state index < -0.39 is 17.7 Å². The fourth-order valence-electron chi connectivity index (χ4n) is 1.59. The molecule has 0 radical (unpaired) electrons. The van der Waals surface area contributed by atoms with Crippen molar-refractivity contribution in [2.24, 2.45) is 0 Å². The number of carboxylic acids is 1. The Kier molecular flexibility index (Phi) is 16.2. The molecule has 146 valence electrons. The summed E-state index contributed by atoms with van der Waals surface area (Å²) < 4.78 is 25.8. The highest BCUT2D eigenvalue weighted by Crippen LogP contribution is 1.99. The van der Waals surface area contributed by atoms with E-state index in [1.165, 1.54) is 0 Å². The molecule has 0 aromatic heterocycles. The van der Waals surface area contributed by atoms with Crippen molar-refractivity contribution in [3.8, 4) is 0 Å². The number of aliphatic carboxylic acids is 1. The van der Waals surface area contributed by atoms with Gasteiger partial charge in [0, 0.05) is 19.4 Å². The summed E-state index contributed by atoms with van der Waals surface area (Å²) in [6.07, 6.45) is -0.00958. The highest BCUT2D eigenvalue weighted by molar-refractivity contribution is 6.32. The Hall–Kier alpha value is -1.55. The quantitative estimate of drug-likeness (QED) is 0.210. The zero-order chi connectivity index (χ0) is 18.8. The van der Waals surface area contributed by atoms with Crippen LogP contribution in [-0.2, 0) is 38.1 Å². The van der Waals surface area contributed by atoms with E-state index in [0.717, 1.165) is 0 Å². The molecule has 0 rings (SSSR count). The Morgan fingerprint density at radius 1 is 0.720 bits per heavy atom. The van der Waals surface area contributed by atoms with Gasteiger partial charge >= 0.3 is 11.9 Å². The first-order chi connectivity index (χ1) is 12.1. The second-order valence-corrected chi connectivity index (χ2v) is 4.84. The summed E-state index contributed by atoms with van der Waals surface area (Å²) in [4.78, 5) is 32.4. The van der Waals surface area contributed by atoms with E-state index in [9.17, 15) is 14.4 Å². The smallest absolute Gasteiger partial charge is 0.372 e. The van der Waals surface area contributed by atoms with E-state index in [1.807, 2.05) is 6.92 Å². The Morgan fingerprint density at radius 3 is 1.68 bits per heavy atom. The number of ketones is 1. The van der Waals surface area contributed by atoms with Crippen LogP contribution in [0.2, 0.25) is 0 Å². The van der Waals surface area contributed by atoms with Crippen LogP contribution in [0.1, 0.15) is 26.2 Å². The van der Waals surface area contributed by atoms with Crippen LogP contribution in [0.15, 0.2) is 0 Å². The highest BCUT2D eigenvalue weighted by Gasteiger charge is 2.12. The van der Waals surface area contributed by atoms with Gasteiger partial charge in [-0.25, -0.2) is 4.79 Å². The summed E-state index contributed by atoms with van der Waals surface area (Å²) in [5, 5.41) is 8.38. The molecule has 0 bridgehead atoms. The molecule has 0 aromatic carbocycles. The predicted molar refractivity (Wildman–Crippen MR) is 86.4 cm³/mol. The Bertz CT molecular complexity index is 371. The zero-order valence-corrected chi connectivity index (χ0v) is 14.7. The van der Waals surface area contributed by atoms with Crippen LogP contribution < -0.4 is 0 Å². The second kappa shape index (κ2) is 17.3. The summed E-state index contributed by atoms with van der Waals surface area (Å²) >= 11 is 0. The number of carbonyl (C=O) groups is 3. The maximum absolute atomic E-state index is 11.3. The van der Waals surface area contributed by atoms with Crippen molar-refractivity contribution in [1.29, 1.82) is 0 Å². The van der Waals surface area contributed by atoms with Crippen LogP contribution in [0.25, 0.3) is 0 Å². The molecule has 25 heavy (non-hydrogen) atoms. The zero-order valence-electron chi connectivity index (χ0n) is 14.7. The lowest BCUT2D eigenvalue weighted by atomic mass is 10.2.